The number of nitrogens with one attached hydrogen (secondary N) is 2. The molecule has 2 aromatic rings. The first-order valence-corrected chi connectivity index (χ1v) is 14.6. The Morgan fingerprint density at radius 1 is 1.09 bits per heavy atom. The predicted octanol–water partition coefficient (Wildman–Crippen LogP) is 3.08. The molecular formula is C31H41N7O7. The Bertz CT molecular complexity index is 1480. The summed E-state index contributed by atoms with van der Waals surface area (Å²) in [7, 11) is 2.62. The zero-order chi connectivity index (χ0) is 33.5. The number of esters is 1. The number of carbonyl (C=O) groups is 5. The number of likely N-dealkylation sites (tertiary alicyclic amines) is 1. The molecule has 4 amide bonds. The Hall–Kier alpha value is -4.84. The van der Waals surface area contributed by atoms with Crippen LogP contribution in [-0.4, -0.2) is 96.1 Å². The molecule has 1 aliphatic rings. The van der Waals surface area contributed by atoms with Crippen LogP contribution in [0.5, 0.6) is 0 Å². The Labute approximate surface area is 262 Å². The number of azide groups is 1. The van der Waals surface area contributed by atoms with E-state index in [4.69, 9.17) is 15.0 Å². The van der Waals surface area contributed by atoms with Crippen LogP contribution in [0.4, 0.5) is 4.79 Å². The molecule has 0 spiro atoms. The molecule has 1 fully saturated rings. The van der Waals surface area contributed by atoms with Crippen LogP contribution in [0.15, 0.2) is 47.6 Å². The number of ether oxygens (including phenoxy) is 2. The van der Waals surface area contributed by atoms with Crippen molar-refractivity contribution in [2.24, 2.45) is 5.11 Å². The Morgan fingerprint density at radius 3 is 2.38 bits per heavy atom. The first-order valence-electron chi connectivity index (χ1n) is 14.6. The quantitative estimate of drug-likeness (QED) is 0.176. The highest BCUT2D eigenvalue weighted by atomic mass is 16.6. The molecule has 14 heteroatoms. The van der Waals surface area contributed by atoms with Gasteiger partial charge in [0.15, 0.2) is 0 Å². The minimum atomic E-state index is -1.24. The monoisotopic (exact) mass is 623 g/mol. The first kappa shape index (κ1) is 34.6. The molecule has 5 atom stereocenters. The number of amides is 4. The minimum absolute atomic E-state index is 0.0712. The Kier molecular flexibility index (Phi) is 11.4. The average molecular weight is 624 g/mol. The average Bonchev–Trinajstić information content (AvgIpc) is 3.41. The summed E-state index contributed by atoms with van der Waals surface area (Å²) in [6, 6.07) is 8.10. The van der Waals surface area contributed by atoms with Gasteiger partial charge in [0, 0.05) is 24.9 Å². The van der Waals surface area contributed by atoms with Gasteiger partial charge in [-0.15, -0.1) is 0 Å². The molecule has 1 saturated heterocycles. The van der Waals surface area contributed by atoms with Crippen molar-refractivity contribution < 1.29 is 33.4 Å². The highest BCUT2D eigenvalue weighted by Gasteiger charge is 2.44. The molecule has 45 heavy (non-hydrogen) atoms. The van der Waals surface area contributed by atoms with Crippen LogP contribution in [0, 0.1) is 0 Å². The fraction of sp³-hybridized carbons (Fsp3) is 0.516. The Morgan fingerprint density at radius 2 is 1.76 bits per heavy atom. The largest absolute Gasteiger partial charge is 0.467 e. The van der Waals surface area contributed by atoms with E-state index in [1.807, 2.05) is 42.5 Å². The van der Waals surface area contributed by atoms with E-state index in [1.165, 1.54) is 32.9 Å². The van der Waals surface area contributed by atoms with Crippen LogP contribution in [-0.2, 0) is 35.1 Å². The summed E-state index contributed by atoms with van der Waals surface area (Å²) in [6.07, 6.45) is -0.396. The van der Waals surface area contributed by atoms with E-state index in [0.717, 1.165) is 21.2 Å². The number of hydrogen-bond donors (Lipinski definition) is 2. The minimum Gasteiger partial charge on any atom is -0.467 e. The van der Waals surface area contributed by atoms with Crippen LogP contribution < -0.4 is 10.6 Å². The van der Waals surface area contributed by atoms with Gasteiger partial charge in [-0.3, -0.25) is 19.3 Å². The lowest BCUT2D eigenvalue weighted by Gasteiger charge is -2.31. The smallest absolute Gasteiger partial charge is 0.410 e. The van der Waals surface area contributed by atoms with Gasteiger partial charge in [0.25, 0.3) is 0 Å². The lowest BCUT2D eigenvalue weighted by Crippen LogP contribution is -2.58. The van der Waals surface area contributed by atoms with E-state index in [1.54, 1.807) is 20.8 Å². The van der Waals surface area contributed by atoms with Crippen molar-refractivity contribution in [2.75, 3.05) is 20.7 Å². The Balaban J connectivity index is 1.75. The fourth-order valence-electron chi connectivity index (χ4n) is 5.03. The summed E-state index contributed by atoms with van der Waals surface area (Å²) >= 11 is 0. The van der Waals surface area contributed by atoms with E-state index in [2.05, 4.69) is 20.7 Å². The molecule has 0 saturated carbocycles. The third-order valence-corrected chi connectivity index (χ3v) is 7.54. The molecule has 0 aromatic heterocycles. The highest BCUT2D eigenvalue weighted by Crippen LogP contribution is 2.24. The lowest BCUT2D eigenvalue weighted by atomic mass is 10.0. The third kappa shape index (κ3) is 8.85. The van der Waals surface area contributed by atoms with E-state index in [9.17, 15) is 24.0 Å². The second kappa shape index (κ2) is 14.8. The molecule has 242 valence electrons. The van der Waals surface area contributed by atoms with Crippen molar-refractivity contribution in [3.8, 4) is 0 Å². The van der Waals surface area contributed by atoms with Crippen molar-refractivity contribution in [1.82, 2.24) is 20.4 Å². The summed E-state index contributed by atoms with van der Waals surface area (Å²) in [6.45, 7) is 8.12. The van der Waals surface area contributed by atoms with Crippen LogP contribution in [0.2, 0.25) is 0 Å². The second-order valence-corrected chi connectivity index (χ2v) is 12.0. The number of rotatable bonds is 10. The fourth-order valence-corrected chi connectivity index (χ4v) is 5.03. The van der Waals surface area contributed by atoms with Crippen molar-refractivity contribution in [3.63, 3.8) is 0 Å². The summed E-state index contributed by atoms with van der Waals surface area (Å²) in [5.74, 6) is -2.60. The second-order valence-electron chi connectivity index (χ2n) is 12.0. The van der Waals surface area contributed by atoms with Gasteiger partial charge >= 0.3 is 12.1 Å². The van der Waals surface area contributed by atoms with Crippen molar-refractivity contribution in [3.05, 3.63) is 58.5 Å². The normalized spacial score (nSPS) is 18.2. The molecule has 2 aromatic carbocycles. The van der Waals surface area contributed by atoms with Gasteiger partial charge in [0.2, 0.25) is 17.7 Å². The topological polar surface area (TPSA) is 183 Å². The zero-order valence-electron chi connectivity index (χ0n) is 26.6. The number of hydrogen-bond acceptors (Lipinski definition) is 8. The van der Waals surface area contributed by atoms with Crippen LogP contribution >= 0.6 is 0 Å². The number of nitrogens with zero attached hydrogens (tertiary/aromatic N) is 5. The number of methoxy groups -OCH3 is 1. The van der Waals surface area contributed by atoms with E-state index < -0.39 is 65.6 Å². The standard InChI is InChI=1S/C31H41N7O7/c1-18(33-26(39)19(2)37(6)30(43)45-31(3,4)5)28(41)38-15-14-23(35-36-32)25(38)27(40)34-24(29(42)44-7)17-20-12-13-21-10-8-9-11-22(21)16-20/h8-13,16,18-19,23-25H,14-15,17H2,1-7H3,(H,33,39)(H,34,40)/t18-,19+,23-,24+,25+/m1/s1. The summed E-state index contributed by atoms with van der Waals surface area (Å²) < 4.78 is 10.3. The van der Waals surface area contributed by atoms with Crippen molar-refractivity contribution >= 4 is 40.6 Å². The van der Waals surface area contributed by atoms with Gasteiger partial charge in [-0.1, -0.05) is 47.6 Å². The van der Waals surface area contributed by atoms with Gasteiger partial charge in [0.05, 0.1) is 13.2 Å². The first-order chi connectivity index (χ1) is 21.2. The summed E-state index contributed by atoms with van der Waals surface area (Å²) in [5.41, 5.74) is 9.16. The molecule has 2 N–H and O–H groups in total. The van der Waals surface area contributed by atoms with Gasteiger partial charge in [-0.2, -0.15) is 0 Å². The maximum atomic E-state index is 13.7. The van der Waals surface area contributed by atoms with Crippen LogP contribution in [0.3, 0.4) is 0 Å². The third-order valence-electron chi connectivity index (χ3n) is 7.54. The molecule has 1 heterocycles. The molecule has 0 radical (unpaired) electrons. The molecule has 0 bridgehead atoms. The molecule has 0 unspecified atom stereocenters. The number of benzene rings is 2. The SMILES string of the molecule is COC(=O)[C@H](Cc1ccc2ccccc2c1)NC(=O)[C@@H]1[C@H](N=[N+]=[N-])CCN1C(=O)[C@@H](C)NC(=O)[C@H](C)N(C)C(=O)OC(C)(C)C. The van der Waals surface area contributed by atoms with E-state index in [0.29, 0.717) is 0 Å². The zero-order valence-corrected chi connectivity index (χ0v) is 26.6. The maximum Gasteiger partial charge on any atom is 0.410 e. The lowest BCUT2D eigenvalue weighted by molar-refractivity contribution is -0.147. The van der Waals surface area contributed by atoms with Gasteiger partial charge < -0.3 is 25.0 Å². The molecular weight excluding hydrogens is 582 g/mol. The van der Waals surface area contributed by atoms with Crippen LogP contribution in [0.25, 0.3) is 21.2 Å². The molecule has 0 aliphatic carbocycles. The van der Waals surface area contributed by atoms with Crippen molar-refractivity contribution in [1.29, 1.82) is 0 Å². The van der Waals surface area contributed by atoms with Crippen LogP contribution in [0.1, 0.15) is 46.6 Å². The number of likely N-dealkylation sites (N-methyl/N-ethyl adjacent to an activating group) is 1. The number of carbonyl (C=O) groups excluding carboxylic acids is 5. The summed E-state index contributed by atoms with van der Waals surface area (Å²) in [5, 5.41) is 11.0. The summed E-state index contributed by atoms with van der Waals surface area (Å²) in [4.78, 5) is 70.5. The molecule has 3 rings (SSSR count). The van der Waals surface area contributed by atoms with Gasteiger partial charge in [0.1, 0.15) is 29.8 Å². The van der Waals surface area contributed by atoms with E-state index >= 15 is 0 Å². The predicted molar refractivity (Wildman–Crippen MR) is 166 cm³/mol. The highest BCUT2D eigenvalue weighted by molar-refractivity contribution is 5.95. The van der Waals surface area contributed by atoms with Crippen molar-refractivity contribution in [2.45, 2.75) is 83.3 Å². The molecule has 1 aliphatic heterocycles. The van der Waals surface area contributed by atoms with E-state index in [-0.39, 0.29) is 19.4 Å². The van der Waals surface area contributed by atoms with Gasteiger partial charge in [-0.05, 0) is 62.9 Å². The molecule has 14 nitrogen and oxygen atoms in total. The van der Waals surface area contributed by atoms with Gasteiger partial charge in [-0.25, -0.2) is 9.59 Å². The number of fused-ring (bicyclic) bond motifs is 1. The maximum absolute atomic E-state index is 13.7.